The van der Waals surface area contributed by atoms with Gasteiger partial charge < -0.3 is 21.1 Å². The fraction of sp³-hybridized carbons (Fsp3) is 0.462. The molecule has 9 heteroatoms. The van der Waals surface area contributed by atoms with E-state index in [-0.39, 0.29) is 22.1 Å². The minimum Gasteiger partial charge on any atom is -0.371 e. The first-order valence-corrected chi connectivity index (χ1v) is 13.7. The van der Waals surface area contributed by atoms with Crippen molar-refractivity contribution in [2.24, 2.45) is 5.92 Å². The summed E-state index contributed by atoms with van der Waals surface area (Å²) in [6.45, 7) is 7.31. The molecule has 1 aliphatic carbocycles. The lowest BCUT2D eigenvalue weighted by Crippen LogP contribution is -2.52. The number of aliphatic hydroxyl groups is 1. The molecule has 1 atom stereocenters. The summed E-state index contributed by atoms with van der Waals surface area (Å²) < 4.78 is 24.3. The minimum absolute atomic E-state index is 0.0322. The number of hydrogen-bond donors (Lipinski definition) is 4. The van der Waals surface area contributed by atoms with E-state index in [9.17, 15) is 23.1 Å². The number of amides is 3. The van der Waals surface area contributed by atoms with Gasteiger partial charge in [0.15, 0.2) is 9.84 Å². The van der Waals surface area contributed by atoms with Crippen LogP contribution in [0.3, 0.4) is 0 Å². The lowest BCUT2D eigenvalue weighted by atomic mass is 9.82. The van der Waals surface area contributed by atoms with Gasteiger partial charge in [-0.05, 0) is 69.9 Å². The molecule has 3 rings (SSSR count). The fourth-order valence-corrected chi connectivity index (χ4v) is 5.41. The molecule has 1 saturated carbocycles. The lowest BCUT2D eigenvalue weighted by molar-refractivity contribution is -0.0392. The van der Waals surface area contributed by atoms with Crippen LogP contribution in [0.5, 0.6) is 0 Å². The second kappa shape index (κ2) is 10.4. The maximum absolute atomic E-state index is 13.2. The van der Waals surface area contributed by atoms with Crippen LogP contribution in [0.4, 0.5) is 16.2 Å². The zero-order valence-corrected chi connectivity index (χ0v) is 21.8. The van der Waals surface area contributed by atoms with E-state index >= 15 is 0 Å². The summed E-state index contributed by atoms with van der Waals surface area (Å²) >= 11 is 0. The highest BCUT2D eigenvalue weighted by atomic mass is 32.2. The van der Waals surface area contributed by atoms with E-state index in [0.717, 1.165) is 55.1 Å². The van der Waals surface area contributed by atoms with Crippen molar-refractivity contribution in [1.29, 1.82) is 0 Å². The molecule has 2 aromatic rings. The second-order valence-electron chi connectivity index (χ2n) is 9.77. The molecule has 8 nitrogen and oxygen atoms in total. The van der Waals surface area contributed by atoms with Gasteiger partial charge in [0.05, 0.1) is 16.1 Å². The van der Waals surface area contributed by atoms with E-state index in [1.165, 1.54) is 18.2 Å². The van der Waals surface area contributed by atoms with Crippen LogP contribution in [0.2, 0.25) is 0 Å². The number of sulfone groups is 1. The van der Waals surface area contributed by atoms with Gasteiger partial charge in [0.1, 0.15) is 5.72 Å². The summed E-state index contributed by atoms with van der Waals surface area (Å²) in [7, 11) is -3.59. The third-order valence-corrected chi connectivity index (χ3v) is 7.70. The van der Waals surface area contributed by atoms with Crippen molar-refractivity contribution in [3.8, 4) is 0 Å². The van der Waals surface area contributed by atoms with E-state index in [1.54, 1.807) is 6.92 Å². The molecule has 4 N–H and O–H groups in total. The molecular weight excluding hydrogens is 466 g/mol. The Morgan fingerprint density at radius 1 is 0.971 bits per heavy atom. The average Bonchev–Trinajstić information content (AvgIpc) is 2.76. The molecule has 190 valence electrons. The summed E-state index contributed by atoms with van der Waals surface area (Å²) in [5, 5.41) is 19.1. The Hall–Kier alpha value is -2.91. The van der Waals surface area contributed by atoms with E-state index in [2.05, 4.69) is 16.0 Å². The van der Waals surface area contributed by atoms with Gasteiger partial charge in [-0.1, -0.05) is 37.0 Å². The highest BCUT2D eigenvalue weighted by Gasteiger charge is 2.35. The van der Waals surface area contributed by atoms with Crippen molar-refractivity contribution >= 4 is 33.2 Å². The van der Waals surface area contributed by atoms with Crippen molar-refractivity contribution < 1.29 is 23.1 Å². The number of anilines is 2. The first-order chi connectivity index (χ1) is 16.3. The van der Waals surface area contributed by atoms with Crippen LogP contribution in [0.15, 0.2) is 35.2 Å². The molecule has 0 aliphatic heterocycles. The van der Waals surface area contributed by atoms with Gasteiger partial charge in [-0.2, -0.15) is 0 Å². The molecule has 0 radical (unpaired) electrons. The first kappa shape index (κ1) is 26.7. The maximum atomic E-state index is 13.2. The monoisotopic (exact) mass is 501 g/mol. The van der Waals surface area contributed by atoms with Crippen molar-refractivity contribution in [3.05, 3.63) is 52.6 Å². The Morgan fingerprint density at radius 3 is 2.14 bits per heavy atom. The standard InChI is InChI=1S/C26H35N3O5S/c1-16-13-17(2)23(18(3)14-16)28-25(31)27-22-15-20(35(5,33)34)11-12-21(22)24(30)29-26(4,32)19-9-7-6-8-10-19/h11-15,19,32H,6-10H2,1-5H3,(H,29,30)(H2,27,28,31). The number of hydrogen-bond acceptors (Lipinski definition) is 5. The van der Waals surface area contributed by atoms with Gasteiger partial charge in [0.25, 0.3) is 5.91 Å². The molecule has 1 aliphatic rings. The average molecular weight is 502 g/mol. The van der Waals surface area contributed by atoms with Crippen molar-refractivity contribution in [2.45, 2.75) is 70.4 Å². The third-order valence-electron chi connectivity index (χ3n) is 6.59. The summed E-state index contributed by atoms with van der Waals surface area (Å²) in [6, 6.07) is 7.20. The Morgan fingerprint density at radius 2 is 1.57 bits per heavy atom. The Balaban J connectivity index is 1.89. The molecule has 0 aromatic heterocycles. The van der Waals surface area contributed by atoms with Gasteiger partial charge >= 0.3 is 6.03 Å². The molecular formula is C26H35N3O5S. The highest BCUT2D eigenvalue weighted by molar-refractivity contribution is 7.90. The molecule has 2 aromatic carbocycles. The van der Waals surface area contributed by atoms with Gasteiger partial charge in [-0.25, -0.2) is 13.2 Å². The normalized spacial score (nSPS) is 16.3. The molecule has 0 bridgehead atoms. The molecule has 35 heavy (non-hydrogen) atoms. The maximum Gasteiger partial charge on any atom is 0.323 e. The SMILES string of the molecule is Cc1cc(C)c(NC(=O)Nc2cc(S(C)(=O)=O)ccc2C(=O)NC(C)(O)C2CCCCC2)c(C)c1. The number of nitrogens with one attached hydrogen (secondary N) is 3. The number of rotatable bonds is 6. The number of aryl methyl sites for hydroxylation is 3. The Bertz CT molecular complexity index is 1210. The molecule has 1 unspecified atom stereocenters. The first-order valence-electron chi connectivity index (χ1n) is 11.8. The summed E-state index contributed by atoms with van der Waals surface area (Å²) in [6.07, 6.45) is 5.76. The largest absolute Gasteiger partial charge is 0.371 e. The van der Waals surface area contributed by atoms with Crippen LogP contribution in [-0.4, -0.2) is 37.4 Å². The molecule has 0 saturated heterocycles. The van der Waals surface area contributed by atoms with Gasteiger partial charge in [-0.15, -0.1) is 0 Å². The quantitative estimate of drug-likeness (QED) is 0.428. The zero-order chi connectivity index (χ0) is 26.0. The number of carbonyl (C=O) groups is 2. The van der Waals surface area contributed by atoms with Crippen molar-refractivity contribution in [1.82, 2.24) is 5.32 Å². The third kappa shape index (κ3) is 6.61. The highest BCUT2D eigenvalue weighted by Crippen LogP contribution is 2.32. The van der Waals surface area contributed by atoms with Crippen molar-refractivity contribution in [2.75, 3.05) is 16.9 Å². The van der Waals surface area contributed by atoms with Crippen LogP contribution in [0.1, 0.15) is 66.1 Å². The van der Waals surface area contributed by atoms with E-state index in [4.69, 9.17) is 0 Å². The lowest BCUT2D eigenvalue weighted by Gasteiger charge is -2.36. The van der Waals surface area contributed by atoms with Crippen LogP contribution in [0.25, 0.3) is 0 Å². The van der Waals surface area contributed by atoms with Crippen LogP contribution < -0.4 is 16.0 Å². The fourth-order valence-electron chi connectivity index (χ4n) is 4.76. The molecule has 1 fully saturated rings. The molecule has 0 spiro atoms. The van der Waals surface area contributed by atoms with Crippen LogP contribution in [-0.2, 0) is 9.84 Å². The van der Waals surface area contributed by atoms with Crippen LogP contribution in [0, 0.1) is 26.7 Å². The van der Waals surface area contributed by atoms with Crippen molar-refractivity contribution in [3.63, 3.8) is 0 Å². The second-order valence-corrected chi connectivity index (χ2v) is 11.8. The topological polar surface area (TPSA) is 125 Å². The van der Waals surface area contributed by atoms with Gasteiger partial charge in [0.2, 0.25) is 0 Å². The Kier molecular flexibility index (Phi) is 7.91. The molecule has 0 heterocycles. The minimum atomic E-state index is -3.59. The smallest absolute Gasteiger partial charge is 0.323 e. The number of benzene rings is 2. The number of urea groups is 1. The predicted molar refractivity (Wildman–Crippen MR) is 138 cm³/mol. The predicted octanol–water partition coefficient (Wildman–Crippen LogP) is 4.68. The zero-order valence-electron chi connectivity index (χ0n) is 21.0. The van der Waals surface area contributed by atoms with E-state index < -0.39 is 27.5 Å². The Labute approximate surface area is 207 Å². The summed E-state index contributed by atoms with van der Waals surface area (Å²) in [5.41, 5.74) is 2.12. The van der Waals surface area contributed by atoms with Gasteiger partial charge in [0, 0.05) is 17.9 Å². The summed E-state index contributed by atoms with van der Waals surface area (Å²) in [4.78, 5) is 26.0. The van der Waals surface area contributed by atoms with E-state index in [0.29, 0.717) is 5.69 Å². The summed E-state index contributed by atoms with van der Waals surface area (Å²) in [5.74, 6) is -0.679. The molecule has 3 amide bonds. The number of carbonyl (C=O) groups excluding carboxylic acids is 2. The van der Waals surface area contributed by atoms with Gasteiger partial charge in [-0.3, -0.25) is 4.79 Å². The van der Waals surface area contributed by atoms with E-state index in [1.807, 2.05) is 32.9 Å². The van der Waals surface area contributed by atoms with Crippen LogP contribution >= 0.6 is 0 Å².